The normalized spacial score (nSPS) is 13.3. The van der Waals surface area contributed by atoms with Gasteiger partial charge >= 0.3 is 0 Å². The molecule has 0 aromatic heterocycles. The maximum Gasteiger partial charge on any atom is 0.265 e. The van der Waals surface area contributed by atoms with Gasteiger partial charge in [-0.25, -0.2) is 0 Å². The highest BCUT2D eigenvalue weighted by Gasteiger charge is 2.24. The van der Waals surface area contributed by atoms with Crippen LogP contribution in [0.1, 0.15) is 17.3 Å². The minimum Gasteiger partial charge on any atom is -0.481 e. The van der Waals surface area contributed by atoms with Gasteiger partial charge in [-0.15, -0.1) is 0 Å². The van der Waals surface area contributed by atoms with Crippen LogP contribution >= 0.6 is 15.9 Å². The molecule has 2 aromatic carbocycles. The number of halogens is 1. The van der Waals surface area contributed by atoms with E-state index in [4.69, 9.17) is 4.74 Å². The van der Waals surface area contributed by atoms with Gasteiger partial charge in [0.25, 0.3) is 11.8 Å². The molecule has 1 aliphatic rings. The highest BCUT2D eigenvalue weighted by molar-refractivity contribution is 9.10. The number of fused-ring (bicyclic) bond motifs is 1. The van der Waals surface area contributed by atoms with Crippen molar-refractivity contribution in [2.75, 3.05) is 23.4 Å². The lowest BCUT2D eigenvalue weighted by molar-refractivity contribution is -0.121. The molecule has 0 bridgehead atoms. The fraction of sp³-hybridized carbons (Fsp3) is 0.176. The van der Waals surface area contributed by atoms with Crippen molar-refractivity contribution >= 4 is 39.1 Å². The van der Waals surface area contributed by atoms with Gasteiger partial charge in [-0.1, -0.05) is 12.1 Å². The Labute approximate surface area is 142 Å². The molecule has 118 valence electrons. The number of anilines is 2. The SMILES string of the molecule is CCN1C(=O)COc2cc(NC(=O)c3ccccc3Br)ccc21. The predicted octanol–water partition coefficient (Wildman–Crippen LogP) is 3.45. The number of hydrogen-bond acceptors (Lipinski definition) is 3. The molecule has 23 heavy (non-hydrogen) atoms. The zero-order valence-electron chi connectivity index (χ0n) is 12.5. The summed E-state index contributed by atoms with van der Waals surface area (Å²) in [6, 6.07) is 12.5. The van der Waals surface area contributed by atoms with Gasteiger partial charge in [0.15, 0.2) is 6.61 Å². The third-order valence-corrected chi connectivity index (χ3v) is 4.29. The van der Waals surface area contributed by atoms with Crippen LogP contribution in [0.2, 0.25) is 0 Å². The molecule has 0 radical (unpaired) electrons. The molecule has 2 aromatic rings. The van der Waals surface area contributed by atoms with E-state index in [1.807, 2.05) is 19.1 Å². The number of nitrogens with zero attached hydrogens (tertiary/aromatic N) is 1. The Bertz CT molecular complexity index is 776. The van der Waals surface area contributed by atoms with E-state index in [1.54, 1.807) is 35.2 Å². The molecule has 0 saturated carbocycles. The molecule has 6 heteroatoms. The maximum absolute atomic E-state index is 12.3. The first-order valence-corrected chi connectivity index (χ1v) is 8.02. The Hall–Kier alpha value is -2.34. The van der Waals surface area contributed by atoms with Crippen LogP contribution < -0.4 is 15.0 Å². The number of carbonyl (C=O) groups is 2. The molecule has 0 aliphatic carbocycles. The van der Waals surface area contributed by atoms with E-state index in [-0.39, 0.29) is 18.4 Å². The number of likely N-dealkylation sites (N-methyl/N-ethyl adjacent to an activating group) is 1. The minimum atomic E-state index is -0.211. The highest BCUT2D eigenvalue weighted by Crippen LogP contribution is 2.34. The number of nitrogens with one attached hydrogen (secondary N) is 1. The van der Waals surface area contributed by atoms with E-state index in [0.29, 0.717) is 23.5 Å². The van der Waals surface area contributed by atoms with Crippen molar-refractivity contribution in [3.8, 4) is 5.75 Å². The first kappa shape index (κ1) is 15.6. The van der Waals surface area contributed by atoms with Gasteiger partial charge in [-0.2, -0.15) is 0 Å². The molecule has 1 heterocycles. The Balaban J connectivity index is 1.84. The Morgan fingerprint density at radius 2 is 2.09 bits per heavy atom. The molecule has 0 atom stereocenters. The number of hydrogen-bond donors (Lipinski definition) is 1. The first-order chi connectivity index (χ1) is 11.1. The van der Waals surface area contributed by atoms with Crippen molar-refractivity contribution in [3.05, 3.63) is 52.5 Å². The zero-order valence-corrected chi connectivity index (χ0v) is 14.1. The number of ether oxygens (including phenoxy) is 1. The number of rotatable bonds is 3. The van der Waals surface area contributed by atoms with Crippen LogP contribution in [0.25, 0.3) is 0 Å². The van der Waals surface area contributed by atoms with E-state index in [2.05, 4.69) is 21.2 Å². The first-order valence-electron chi connectivity index (χ1n) is 7.23. The summed E-state index contributed by atoms with van der Waals surface area (Å²) in [5.41, 5.74) is 1.90. The molecule has 0 spiro atoms. The quantitative estimate of drug-likeness (QED) is 0.894. The van der Waals surface area contributed by atoms with Crippen molar-refractivity contribution in [3.63, 3.8) is 0 Å². The Morgan fingerprint density at radius 3 is 2.83 bits per heavy atom. The van der Waals surface area contributed by atoms with Gasteiger partial charge in [-0.3, -0.25) is 9.59 Å². The van der Waals surface area contributed by atoms with Crippen LogP contribution in [0.15, 0.2) is 46.9 Å². The van der Waals surface area contributed by atoms with E-state index >= 15 is 0 Å². The molecule has 3 rings (SSSR count). The molecular formula is C17H15BrN2O3. The summed E-state index contributed by atoms with van der Waals surface area (Å²) in [4.78, 5) is 25.8. The number of amides is 2. The summed E-state index contributed by atoms with van der Waals surface area (Å²) in [5.74, 6) is 0.318. The molecular weight excluding hydrogens is 360 g/mol. The fourth-order valence-corrected chi connectivity index (χ4v) is 2.94. The summed E-state index contributed by atoms with van der Waals surface area (Å²) in [5, 5.41) is 2.84. The van der Waals surface area contributed by atoms with E-state index < -0.39 is 0 Å². The number of benzene rings is 2. The Morgan fingerprint density at radius 1 is 1.30 bits per heavy atom. The molecule has 0 saturated heterocycles. The lowest BCUT2D eigenvalue weighted by atomic mass is 10.2. The van der Waals surface area contributed by atoms with Crippen LogP contribution in [0.3, 0.4) is 0 Å². The zero-order chi connectivity index (χ0) is 16.4. The lowest BCUT2D eigenvalue weighted by Gasteiger charge is -2.28. The number of carbonyl (C=O) groups excluding carboxylic acids is 2. The fourth-order valence-electron chi connectivity index (χ4n) is 2.47. The van der Waals surface area contributed by atoms with Gasteiger partial charge in [0.05, 0.1) is 11.3 Å². The predicted molar refractivity (Wildman–Crippen MR) is 92.1 cm³/mol. The van der Waals surface area contributed by atoms with E-state index in [0.717, 1.165) is 10.2 Å². The highest BCUT2D eigenvalue weighted by atomic mass is 79.9. The molecule has 2 amide bonds. The summed E-state index contributed by atoms with van der Waals surface area (Å²) in [7, 11) is 0. The van der Waals surface area contributed by atoms with Gasteiger partial charge in [0.2, 0.25) is 0 Å². The summed E-state index contributed by atoms with van der Waals surface area (Å²) in [6.45, 7) is 2.51. The smallest absolute Gasteiger partial charge is 0.265 e. The van der Waals surface area contributed by atoms with Crippen molar-refractivity contribution in [1.82, 2.24) is 0 Å². The molecule has 5 nitrogen and oxygen atoms in total. The van der Waals surface area contributed by atoms with Crippen molar-refractivity contribution in [2.24, 2.45) is 0 Å². The standard InChI is InChI=1S/C17H15BrN2O3/c1-2-20-14-8-7-11(9-15(14)23-10-16(20)21)19-17(22)12-5-3-4-6-13(12)18/h3-9H,2,10H2,1H3,(H,19,22). The largest absolute Gasteiger partial charge is 0.481 e. The van der Waals surface area contributed by atoms with Crippen LogP contribution in [-0.2, 0) is 4.79 Å². The van der Waals surface area contributed by atoms with Gasteiger partial charge < -0.3 is 15.0 Å². The van der Waals surface area contributed by atoms with Gasteiger partial charge in [0.1, 0.15) is 5.75 Å². The second-order valence-electron chi connectivity index (χ2n) is 5.04. The van der Waals surface area contributed by atoms with Crippen LogP contribution in [0.5, 0.6) is 5.75 Å². The van der Waals surface area contributed by atoms with Crippen molar-refractivity contribution in [1.29, 1.82) is 0 Å². The monoisotopic (exact) mass is 374 g/mol. The lowest BCUT2D eigenvalue weighted by Crippen LogP contribution is -2.38. The maximum atomic E-state index is 12.3. The van der Waals surface area contributed by atoms with Crippen LogP contribution in [0.4, 0.5) is 11.4 Å². The van der Waals surface area contributed by atoms with Crippen LogP contribution in [0, 0.1) is 0 Å². The van der Waals surface area contributed by atoms with Crippen molar-refractivity contribution in [2.45, 2.75) is 6.92 Å². The minimum absolute atomic E-state index is 0.0163. The van der Waals surface area contributed by atoms with E-state index in [9.17, 15) is 9.59 Å². The average molecular weight is 375 g/mol. The van der Waals surface area contributed by atoms with Gasteiger partial charge in [-0.05, 0) is 47.1 Å². The average Bonchev–Trinajstić information content (AvgIpc) is 2.55. The van der Waals surface area contributed by atoms with Crippen molar-refractivity contribution < 1.29 is 14.3 Å². The third-order valence-electron chi connectivity index (χ3n) is 3.60. The Kier molecular flexibility index (Phi) is 4.34. The molecule has 1 aliphatic heterocycles. The summed E-state index contributed by atoms with van der Waals surface area (Å²) >= 11 is 3.36. The molecule has 1 N–H and O–H groups in total. The van der Waals surface area contributed by atoms with E-state index in [1.165, 1.54) is 0 Å². The van der Waals surface area contributed by atoms with Gasteiger partial charge in [0, 0.05) is 22.8 Å². The summed E-state index contributed by atoms with van der Waals surface area (Å²) < 4.78 is 6.20. The topological polar surface area (TPSA) is 58.6 Å². The molecule has 0 unspecified atom stereocenters. The van der Waals surface area contributed by atoms with Crippen LogP contribution in [-0.4, -0.2) is 25.0 Å². The summed E-state index contributed by atoms with van der Waals surface area (Å²) in [6.07, 6.45) is 0. The second kappa shape index (κ2) is 6.42. The third kappa shape index (κ3) is 3.07. The second-order valence-corrected chi connectivity index (χ2v) is 5.90. The molecule has 0 fully saturated rings.